The van der Waals surface area contributed by atoms with Crippen molar-refractivity contribution >= 4 is 38.1 Å². The average Bonchev–Trinajstić information content (AvgIpc) is 3.00. The summed E-state index contributed by atoms with van der Waals surface area (Å²) in [5, 5.41) is 0. The molecule has 4 nitrogen and oxygen atoms in total. The van der Waals surface area contributed by atoms with E-state index in [4.69, 9.17) is 8.83 Å². The van der Waals surface area contributed by atoms with E-state index >= 15 is 0 Å². The van der Waals surface area contributed by atoms with Crippen molar-refractivity contribution in [3.63, 3.8) is 0 Å². The van der Waals surface area contributed by atoms with E-state index in [1.54, 1.807) is 0 Å². The number of nitrogens with zero attached hydrogens (tertiary/aromatic N) is 2. The minimum atomic E-state index is 0.249. The third kappa shape index (κ3) is 1.87. The van der Waals surface area contributed by atoms with E-state index in [0.29, 0.717) is 0 Å². The molecule has 0 aliphatic carbocycles. The molecule has 20 heavy (non-hydrogen) atoms. The Morgan fingerprint density at radius 2 is 1.35 bits per heavy atom. The van der Waals surface area contributed by atoms with Crippen LogP contribution in [0.5, 0.6) is 0 Å². The lowest BCUT2D eigenvalue weighted by Crippen LogP contribution is -1.85. The zero-order chi connectivity index (χ0) is 14.6. The first-order valence-electron chi connectivity index (χ1n) is 6.79. The Kier molecular flexibility index (Phi) is 3.12. The summed E-state index contributed by atoms with van der Waals surface area (Å²) in [6.07, 6.45) is 0. The van der Waals surface area contributed by atoms with Gasteiger partial charge in [0.2, 0.25) is 0 Å². The van der Waals surface area contributed by atoms with Crippen molar-refractivity contribution in [2.75, 3.05) is 0 Å². The van der Waals surface area contributed by atoms with Gasteiger partial charge in [-0.2, -0.15) is 0 Å². The molecule has 0 radical (unpaired) electrons. The minimum absolute atomic E-state index is 0.249. The highest BCUT2D eigenvalue weighted by Crippen LogP contribution is 2.38. The van der Waals surface area contributed by atoms with Gasteiger partial charge in [0.25, 0.3) is 0 Å². The Balaban J connectivity index is 2.39. The molecule has 106 valence electrons. The monoisotopic (exact) mass is 336 g/mol. The van der Waals surface area contributed by atoms with Crippen LogP contribution in [0.25, 0.3) is 22.2 Å². The van der Waals surface area contributed by atoms with Crippen molar-refractivity contribution in [3.05, 3.63) is 21.8 Å². The van der Waals surface area contributed by atoms with Gasteiger partial charge >= 0.3 is 0 Å². The van der Waals surface area contributed by atoms with Gasteiger partial charge in [-0.1, -0.05) is 27.7 Å². The van der Waals surface area contributed by atoms with Crippen molar-refractivity contribution in [1.82, 2.24) is 9.97 Å². The molecule has 0 amide bonds. The van der Waals surface area contributed by atoms with Gasteiger partial charge < -0.3 is 8.83 Å². The molecule has 1 aromatic carbocycles. The molecule has 0 N–H and O–H groups in total. The zero-order valence-electron chi connectivity index (χ0n) is 12.2. The highest BCUT2D eigenvalue weighted by atomic mass is 79.9. The van der Waals surface area contributed by atoms with E-state index in [2.05, 4.69) is 53.6 Å². The lowest BCUT2D eigenvalue weighted by molar-refractivity contribution is 0.500. The maximum absolute atomic E-state index is 5.90. The molecule has 0 unspecified atom stereocenters. The van der Waals surface area contributed by atoms with Crippen molar-refractivity contribution in [3.8, 4) is 0 Å². The molecule has 0 spiro atoms. The Labute approximate surface area is 125 Å². The first kappa shape index (κ1) is 13.6. The average molecular weight is 337 g/mol. The van der Waals surface area contributed by atoms with Crippen LogP contribution < -0.4 is 0 Å². The van der Waals surface area contributed by atoms with Gasteiger partial charge in [0.15, 0.2) is 22.9 Å². The van der Waals surface area contributed by atoms with Crippen LogP contribution in [0.4, 0.5) is 0 Å². The second-order valence-corrected chi connectivity index (χ2v) is 6.50. The topological polar surface area (TPSA) is 52.1 Å². The molecule has 0 aliphatic heterocycles. The molecular weight excluding hydrogens is 320 g/mol. The maximum atomic E-state index is 5.90. The standard InChI is InChI=1S/C15H17BrN2O2/c1-6(2)14-17-10-8(5)12-11(9(16)13(10)20-14)18-15(19-12)7(3)4/h6-7H,1-5H3. The molecule has 0 bridgehead atoms. The number of hydrogen-bond donors (Lipinski definition) is 0. The number of aromatic nitrogens is 2. The van der Waals surface area contributed by atoms with Crippen LogP contribution in [-0.2, 0) is 0 Å². The third-order valence-electron chi connectivity index (χ3n) is 3.38. The van der Waals surface area contributed by atoms with Gasteiger partial charge in [0, 0.05) is 17.4 Å². The van der Waals surface area contributed by atoms with E-state index in [1.807, 2.05) is 6.92 Å². The van der Waals surface area contributed by atoms with Crippen LogP contribution in [0.3, 0.4) is 0 Å². The summed E-state index contributed by atoms with van der Waals surface area (Å²) in [6, 6.07) is 0. The maximum Gasteiger partial charge on any atom is 0.198 e. The Morgan fingerprint density at radius 1 is 0.850 bits per heavy atom. The van der Waals surface area contributed by atoms with Gasteiger partial charge in [0.1, 0.15) is 11.0 Å². The quantitative estimate of drug-likeness (QED) is 0.638. The summed E-state index contributed by atoms with van der Waals surface area (Å²) in [4.78, 5) is 9.17. The third-order valence-corrected chi connectivity index (χ3v) is 4.11. The number of rotatable bonds is 2. The van der Waals surface area contributed by atoms with Crippen molar-refractivity contribution < 1.29 is 8.83 Å². The predicted octanol–water partition coefficient (Wildman–Crippen LogP) is 5.29. The Bertz CT molecular complexity index is 679. The summed E-state index contributed by atoms with van der Waals surface area (Å²) in [5.74, 6) is 1.97. The lowest BCUT2D eigenvalue weighted by atomic mass is 10.2. The van der Waals surface area contributed by atoms with Gasteiger partial charge in [0.05, 0.1) is 4.47 Å². The van der Waals surface area contributed by atoms with E-state index in [1.165, 1.54) is 0 Å². The highest BCUT2D eigenvalue weighted by Gasteiger charge is 2.22. The molecule has 3 rings (SSSR count). The fraction of sp³-hybridized carbons (Fsp3) is 0.467. The van der Waals surface area contributed by atoms with Crippen LogP contribution >= 0.6 is 15.9 Å². The Morgan fingerprint density at radius 3 is 1.90 bits per heavy atom. The summed E-state index contributed by atoms with van der Waals surface area (Å²) < 4.78 is 12.6. The molecule has 0 atom stereocenters. The minimum Gasteiger partial charge on any atom is -0.440 e. The van der Waals surface area contributed by atoms with Crippen LogP contribution in [0, 0.1) is 6.92 Å². The highest BCUT2D eigenvalue weighted by molar-refractivity contribution is 9.10. The van der Waals surface area contributed by atoms with Crippen LogP contribution in [0.15, 0.2) is 13.3 Å². The van der Waals surface area contributed by atoms with E-state index < -0.39 is 0 Å². The van der Waals surface area contributed by atoms with Gasteiger partial charge in [-0.05, 0) is 22.9 Å². The second kappa shape index (κ2) is 4.58. The van der Waals surface area contributed by atoms with Gasteiger partial charge in [-0.25, -0.2) is 9.97 Å². The van der Waals surface area contributed by atoms with E-state index in [-0.39, 0.29) is 11.8 Å². The predicted molar refractivity (Wildman–Crippen MR) is 82.2 cm³/mol. The summed E-state index contributed by atoms with van der Waals surface area (Å²) >= 11 is 3.59. The molecule has 0 aliphatic rings. The molecule has 2 aromatic heterocycles. The fourth-order valence-electron chi connectivity index (χ4n) is 2.19. The van der Waals surface area contributed by atoms with E-state index in [9.17, 15) is 0 Å². The van der Waals surface area contributed by atoms with Crippen LogP contribution in [0.2, 0.25) is 0 Å². The number of aryl methyl sites for hydroxylation is 1. The van der Waals surface area contributed by atoms with Crippen molar-refractivity contribution in [2.45, 2.75) is 46.5 Å². The van der Waals surface area contributed by atoms with Gasteiger partial charge in [-0.15, -0.1) is 0 Å². The number of fused-ring (bicyclic) bond motifs is 2. The largest absolute Gasteiger partial charge is 0.440 e. The van der Waals surface area contributed by atoms with Gasteiger partial charge in [-0.3, -0.25) is 0 Å². The molecule has 2 heterocycles. The SMILES string of the molecule is Cc1c2nc(C(C)C)oc2c(Br)c2nc(C(C)C)oc12. The van der Waals surface area contributed by atoms with Crippen molar-refractivity contribution in [1.29, 1.82) is 0 Å². The second-order valence-electron chi connectivity index (χ2n) is 5.71. The molecule has 0 fully saturated rings. The lowest BCUT2D eigenvalue weighted by Gasteiger charge is -1.97. The summed E-state index contributed by atoms with van der Waals surface area (Å²) in [7, 11) is 0. The number of benzene rings is 1. The number of halogens is 1. The molecule has 3 aromatic rings. The molecule has 0 saturated heterocycles. The smallest absolute Gasteiger partial charge is 0.198 e. The van der Waals surface area contributed by atoms with Crippen LogP contribution in [0.1, 0.15) is 56.9 Å². The first-order valence-corrected chi connectivity index (χ1v) is 7.58. The zero-order valence-corrected chi connectivity index (χ0v) is 13.8. The van der Waals surface area contributed by atoms with Crippen molar-refractivity contribution in [2.24, 2.45) is 0 Å². The van der Waals surface area contributed by atoms with E-state index in [0.717, 1.165) is 44.0 Å². The summed E-state index contributed by atoms with van der Waals surface area (Å²) in [5.41, 5.74) is 4.18. The molecule has 5 heteroatoms. The molecule has 0 saturated carbocycles. The molecular formula is C15H17BrN2O2. The normalized spacial score (nSPS) is 12.4. The first-order chi connectivity index (χ1) is 9.40. The summed E-state index contributed by atoms with van der Waals surface area (Å²) in [6.45, 7) is 10.2. The number of hydrogen-bond acceptors (Lipinski definition) is 4. The van der Waals surface area contributed by atoms with Crippen LogP contribution in [-0.4, -0.2) is 9.97 Å². The Hall–Kier alpha value is -1.36. The number of oxazole rings is 2. The fourth-order valence-corrected chi connectivity index (χ4v) is 2.73.